The van der Waals surface area contributed by atoms with Crippen LogP contribution in [-0.2, 0) is 6.42 Å². The maximum Gasteiger partial charge on any atom is 0.148 e. The Morgan fingerprint density at radius 2 is 1.90 bits per heavy atom. The zero-order chi connectivity index (χ0) is 15.4. The van der Waals surface area contributed by atoms with E-state index in [-0.39, 0.29) is 5.69 Å². The maximum atomic E-state index is 13.9. The van der Waals surface area contributed by atoms with E-state index in [1.54, 1.807) is 12.1 Å². The lowest BCUT2D eigenvalue weighted by Gasteiger charge is -2.15. The van der Waals surface area contributed by atoms with Crippen LogP contribution in [0.25, 0.3) is 0 Å². The van der Waals surface area contributed by atoms with Crippen LogP contribution >= 0.6 is 11.6 Å². The van der Waals surface area contributed by atoms with E-state index in [4.69, 9.17) is 11.6 Å². The molecule has 6 heteroatoms. The fraction of sp³-hybridized carbons (Fsp3) is 0.333. The van der Waals surface area contributed by atoms with E-state index in [0.29, 0.717) is 23.1 Å². The second kappa shape index (κ2) is 6.72. The normalized spacial score (nSPS) is 10.5. The van der Waals surface area contributed by atoms with Crippen LogP contribution in [0, 0.1) is 12.7 Å². The molecule has 0 saturated carbocycles. The van der Waals surface area contributed by atoms with Crippen LogP contribution < -0.4 is 10.6 Å². The minimum absolute atomic E-state index is 0.227. The van der Waals surface area contributed by atoms with E-state index >= 15 is 0 Å². The summed E-state index contributed by atoms with van der Waals surface area (Å²) in [4.78, 5) is 8.86. The summed E-state index contributed by atoms with van der Waals surface area (Å²) in [6.07, 6.45) is 0.693. The van der Waals surface area contributed by atoms with Crippen LogP contribution in [0.4, 0.5) is 21.7 Å². The molecule has 21 heavy (non-hydrogen) atoms. The standard InChI is InChI=1S/C15H18ClFN4/c1-4-12-19-14(18-5-2)9(3)15(20-12)21-13-10(16)7-6-8-11(13)17/h6-8H,4-5H2,1-3H3,(H2,18,19,20,21). The highest BCUT2D eigenvalue weighted by Crippen LogP contribution is 2.30. The third-order valence-corrected chi connectivity index (χ3v) is 3.37. The molecule has 2 N–H and O–H groups in total. The largest absolute Gasteiger partial charge is 0.370 e. The highest BCUT2D eigenvalue weighted by molar-refractivity contribution is 6.33. The second-order valence-corrected chi connectivity index (χ2v) is 4.97. The van der Waals surface area contributed by atoms with Crippen LogP contribution in [-0.4, -0.2) is 16.5 Å². The minimum atomic E-state index is -0.413. The topological polar surface area (TPSA) is 49.8 Å². The Balaban J connectivity index is 2.46. The van der Waals surface area contributed by atoms with Crippen LogP contribution in [0.15, 0.2) is 18.2 Å². The molecule has 0 saturated heterocycles. The molecule has 0 aliphatic heterocycles. The van der Waals surface area contributed by atoms with Gasteiger partial charge in [0.2, 0.25) is 0 Å². The number of aryl methyl sites for hydroxylation is 1. The molecule has 112 valence electrons. The van der Waals surface area contributed by atoms with Crippen molar-refractivity contribution >= 4 is 28.9 Å². The molecule has 0 aliphatic rings. The monoisotopic (exact) mass is 308 g/mol. The van der Waals surface area contributed by atoms with Gasteiger partial charge in [-0.05, 0) is 26.0 Å². The number of nitrogens with one attached hydrogen (secondary N) is 2. The Kier molecular flexibility index (Phi) is 4.96. The first-order valence-electron chi connectivity index (χ1n) is 6.89. The van der Waals surface area contributed by atoms with Gasteiger partial charge in [-0.15, -0.1) is 0 Å². The Morgan fingerprint density at radius 1 is 1.19 bits per heavy atom. The predicted molar refractivity (Wildman–Crippen MR) is 85.0 cm³/mol. The number of hydrogen-bond donors (Lipinski definition) is 2. The van der Waals surface area contributed by atoms with Gasteiger partial charge in [0.05, 0.1) is 10.7 Å². The molecule has 2 rings (SSSR count). The summed E-state index contributed by atoms with van der Waals surface area (Å²) in [5.74, 6) is 1.58. The lowest BCUT2D eigenvalue weighted by Crippen LogP contribution is -2.09. The average molecular weight is 309 g/mol. The summed E-state index contributed by atoms with van der Waals surface area (Å²) in [5.41, 5.74) is 1.05. The average Bonchev–Trinajstić information content (AvgIpc) is 2.46. The van der Waals surface area contributed by atoms with Gasteiger partial charge in [0.15, 0.2) is 0 Å². The van der Waals surface area contributed by atoms with E-state index in [1.165, 1.54) is 6.07 Å². The van der Waals surface area contributed by atoms with Crippen molar-refractivity contribution < 1.29 is 4.39 Å². The smallest absolute Gasteiger partial charge is 0.148 e. The van der Waals surface area contributed by atoms with Gasteiger partial charge in [-0.1, -0.05) is 24.6 Å². The number of benzene rings is 1. The van der Waals surface area contributed by atoms with E-state index in [2.05, 4.69) is 20.6 Å². The molecule has 2 aromatic rings. The zero-order valence-corrected chi connectivity index (χ0v) is 13.1. The van der Waals surface area contributed by atoms with Gasteiger partial charge >= 0.3 is 0 Å². The van der Waals surface area contributed by atoms with Crippen molar-refractivity contribution in [3.63, 3.8) is 0 Å². The van der Waals surface area contributed by atoms with Crippen molar-refractivity contribution in [1.29, 1.82) is 0 Å². The third-order valence-electron chi connectivity index (χ3n) is 3.06. The highest BCUT2D eigenvalue weighted by Gasteiger charge is 2.13. The molecule has 1 aromatic carbocycles. The first-order valence-corrected chi connectivity index (χ1v) is 7.27. The maximum absolute atomic E-state index is 13.9. The quantitative estimate of drug-likeness (QED) is 0.864. The predicted octanol–water partition coefficient (Wildman–Crippen LogP) is 4.32. The van der Waals surface area contributed by atoms with Crippen LogP contribution in [0.3, 0.4) is 0 Å². The number of halogens is 2. The summed E-state index contributed by atoms with van der Waals surface area (Å²) in [6.45, 7) is 6.60. The first-order chi connectivity index (χ1) is 10.1. The number of nitrogens with zero attached hydrogens (tertiary/aromatic N) is 2. The van der Waals surface area contributed by atoms with Crippen molar-refractivity contribution in [1.82, 2.24) is 9.97 Å². The lowest BCUT2D eigenvalue weighted by atomic mass is 10.2. The van der Waals surface area contributed by atoms with Crippen molar-refractivity contribution in [3.05, 3.63) is 40.4 Å². The van der Waals surface area contributed by atoms with Gasteiger partial charge in [0, 0.05) is 18.5 Å². The fourth-order valence-corrected chi connectivity index (χ4v) is 2.13. The van der Waals surface area contributed by atoms with E-state index in [9.17, 15) is 4.39 Å². The number of hydrogen-bond acceptors (Lipinski definition) is 4. The lowest BCUT2D eigenvalue weighted by molar-refractivity contribution is 0.632. The van der Waals surface area contributed by atoms with E-state index < -0.39 is 5.82 Å². The molecule has 0 fully saturated rings. The number of aromatic nitrogens is 2. The van der Waals surface area contributed by atoms with Crippen molar-refractivity contribution in [2.75, 3.05) is 17.2 Å². The molecule has 0 bridgehead atoms. The summed E-state index contributed by atoms with van der Waals surface area (Å²) in [6, 6.07) is 4.56. The molecular formula is C15H18ClFN4. The second-order valence-electron chi connectivity index (χ2n) is 4.57. The summed E-state index contributed by atoms with van der Waals surface area (Å²) < 4.78 is 13.9. The summed E-state index contributed by atoms with van der Waals surface area (Å²) >= 11 is 6.04. The van der Waals surface area contributed by atoms with Gasteiger partial charge in [-0.3, -0.25) is 0 Å². The molecule has 1 heterocycles. The molecule has 1 aromatic heterocycles. The summed E-state index contributed by atoms with van der Waals surface area (Å²) in [7, 11) is 0. The third kappa shape index (κ3) is 3.42. The first kappa shape index (κ1) is 15.5. The van der Waals surface area contributed by atoms with E-state index in [1.807, 2.05) is 20.8 Å². The number of para-hydroxylation sites is 1. The zero-order valence-electron chi connectivity index (χ0n) is 12.3. The van der Waals surface area contributed by atoms with Crippen LogP contribution in [0.5, 0.6) is 0 Å². The molecule has 0 radical (unpaired) electrons. The fourth-order valence-electron chi connectivity index (χ4n) is 1.92. The van der Waals surface area contributed by atoms with Gasteiger partial charge in [0.25, 0.3) is 0 Å². The Morgan fingerprint density at radius 3 is 2.52 bits per heavy atom. The van der Waals surface area contributed by atoms with Gasteiger partial charge < -0.3 is 10.6 Å². The summed E-state index contributed by atoms with van der Waals surface area (Å²) in [5, 5.41) is 6.49. The van der Waals surface area contributed by atoms with E-state index in [0.717, 1.165) is 17.9 Å². The molecule has 0 atom stereocenters. The molecule has 0 aliphatic carbocycles. The molecule has 4 nitrogen and oxygen atoms in total. The van der Waals surface area contributed by atoms with Crippen LogP contribution in [0.2, 0.25) is 5.02 Å². The molecular weight excluding hydrogens is 291 g/mol. The Bertz CT molecular complexity index is 626. The molecule has 0 unspecified atom stereocenters. The van der Waals surface area contributed by atoms with Crippen molar-refractivity contribution in [2.24, 2.45) is 0 Å². The number of rotatable bonds is 5. The number of anilines is 3. The van der Waals surface area contributed by atoms with Crippen molar-refractivity contribution in [2.45, 2.75) is 27.2 Å². The van der Waals surface area contributed by atoms with Crippen molar-refractivity contribution in [3.8, 4) is 0 Å². The molecule has 0 spiro atoms. The Hall–Kier alpha value is -1.88. The minimum Gasteiger partial charge on any atom is -0.370 e. The highest BCUT2D eigenvalue weighted by atomic mass is 35.5. The van der Waals surface area contributed by atoms with Gasteiger partial charge in [-0.25, -0.2) is 14.4 Å². The Labute approximate surface area is 128 Å². The van der Waals surface area contributed by atoms with Gasteiger partial charge in [-0.2, -0.15) is 0 Å². The SMILES string of the molecule is CCNc1nc(CC)nc(Nc2c(F)cccc2Cl)c1C. The van der Waals surface area contributed by atoms with Crippen LogP contribution in [0.1, 0.15) is 25.2 Å². The van der Waals surface area contributed by atoms with Gasteiger partial charge in [0.1, 0.15) is 23.3 Å². The molecule has 0 amide bonds.